The highest BCUT2D eigenvalue weighted by Crippen LogP contribution is 2.41. The lowest BCUT2D eigenvalue weighted by Crippen LogP contribution is -2.44. The Hall–Kier alpha value is -2.43. The number of benzene rings is 2. The number of carbonyl (C=O) groups is 1. The first kappa shape index (κ1) is 14.5. The number of amides is 1. The molecule has 2 aromatic rings. The molecule has 3 rings (SSSR count). The van der Waals surface area contributed by atoms with Crippen molar-refractivity contribution in [1.82, 2.24) is 0 Å². The minimum Gasteiger partial charge on any atom is -0.373 e. The third kappa shape index (κ3) is 2.22. The molecule has 1 heterocycles. The molecule has 0 fully saturated rings. The third-order valence-electron chi connectivity index (χ3n) is 4.12. The number of anilines is 2. The van der Waals surface area contributed by atoms with Crippen LogP contribution in [0.1, 0.15) is 19.4 Å². The second-order valence-electron chi connectivity index (χ2n) is 5.93. The van der Waals surface area contributed by atoms with Crippen LogP contribution in [0.5, 0.6) is 0 Å². The van der Waals surface area contributed by atoms with Crippen molar-refractivity contribution in [2.24, 2.45) is 0 Å². The van der Waals surface area contributed by atoms with Gasteiger partial charge in [-0.15, -0.1) is 0 Å². The van der Waals surface area contributed by atoms with E-state index in [2.05, 4.69) is 10.6 Å². The van der Waals surface area contributed by atoms with Gasteiger partial charge in [0.05, 0.1) is 0 Å². The van der Waals surface area contributed by atoms with E-state index in [1.807, 2.05) is 38.1 Å². The number of carbonyl (C=O) groups excluding carboxylic acids is 1. The van der Waals surface area contributed by atoms with E-state index in [4.69, 9.17) is 0 Å². The molecular weight excluding hydrogens is 286 g/mol. The van der Waals surface area contributed by atoms with Gasteiger partial charge in [-0.1, -0.05) is 38.1 Å². The molecule has 5 heteroatoms. The number of hydrogen-bond acceptors (Lipinski definition) is 2. The molecule has 0 aliphatic carbocycles. The first-order valence-electron chi connectivity index (χ1n) is 7.02. The maximum absolute atomic E-state index is 13.7. The number of fused-ring (bicyclic) bond motifs is 1. The van der Waals surface area contributed by atoms with Crippen LogP contribution in [0, 0.1) is 11.6 Å². The Kier molecular flexibility index (Phi) is 3.35. The van der Waals surface area contributed by atoms with Gasteiger partial charge in [0.25, 0.3) is 0 Å². The van der Waals surface area contributed by atoms with Crippen LogP contribution in [0.15, 0.2) is 42.5 Å². The monoisotopic (exact) mass is 302 g/mol. The fraction of sp³-hybridized carbons (Fsp3) is 0.235. The minimum atomic E-state index is -0.790. The highest BCUT2D eigenvalue weighted by molar-refractivity contribution is 5.99. The molecule has 1 amide bonds. The lowest BCUT2D eigenvalue weighted by molar-refractivity contribution is -0.117. The predicted molar refractivity (Wildman–Crippen MR) is 81.9 cm³/mol. The minimum absolute atomic E-state index is 0.416. The van der Waals surface area contributed by atoms with Crippen molar-refractivity contribution < 1.29 is 13.6 Å². The van der Waals surface area contributed by atoms with E-state index in [1.54, 1.807) is 0 Å². The van der Waals surface area contributed by atoms with Crippen LogP contribution in [0.4, 0.5) is 20.2 Å². The summed E-state index contributed by atoms with van der Waals surface area (Å²) in [7, 11) is 0. The van der Waals surface area contributed by atoms with Crippen molar-refractivity contribution in [3.05, 3.63) is 59.7 Å². The second kappa shape index (κ2) is 5.09. The van der Waals surface area contributed by atoms with Gasteiger partial charge in [0.2, 0.25) is 5.91 Å². The lowest BCUT2D eigenvalue weighted by Gasteiger charge is -2.26. The van der Waals surface area contributed by atoms with Crippen molar-refractivity contribution in [3.63, 3.8) is 0 Å². The maximum Gasteiger partial charge on any atom is 0.247 e. The molecule has 0 saturated heterocycles. The molecular formula is C17H16F2N2O. The van der Waals surface area contributed by atoms with E-state index < -0.39 is 34.7 Å². The third-order valence-corrected chi connectivity index (χ3v) is 4.12. The van der Waals surface area contributed by atoms with Crippen LogP contribution in [-0.4, -0.2) is 11.9 Å². The van der Waals surface area contributed by atoms with Crippen molar-refractivity contribution in [1.29, 1.82) is 0 Å². The van der Waals surface area contributed by atoms with Gasteiger partial charge in [0, 0.05) is 11.1 Å². The number of halogens is 2. The topological polar surface area (TPSA) is 41.1 Å². The van der Waals surface area contributed by atoms with E-state index in [0.717, 1.165) is 23.4 Å². The molecule has 0 saturated carbocycles. The van der Waals surface area contributed by atoms with Crippen LogP contribution in [0.3, 0.4) is 0 Å². The van der Waals surface area contributed by atoms with E-state index in [9.17, 15) is 13.6 Å². The summed E-state index contributed by atoms with van der Waals surface area (Å²) in [5, 5.41) is 5.49. The van der Waals surface area contributed by atoms with E-state index in [0.29, 0.717) is 0 Å². The van der Waals surface area contributed by atoms with Crippen LogP contribution in [0.2, 0.25) is 0 Å². The molecule has 0 spiro atoms. The molecule has 0 bridgehead atoms. The molecule has 0 radical (unpaired) electrons. The maximum atomic E-state index is 13.7. The standard InChI is InChI=1S/C17H16F2N2O/c1-17(2)10-6-3-4-9-13(10)20-15(17)16(22)21-14-11(18)7-5-8-12(14)19/h3-9,15,20H,1-2H3,(H,21,22)/t15-/m0/s1. The summed E-state index contributed by atoms with van der Waals surface area (Å²) in [5.74, 6) is -2.05. The molecule has 22 heavy (non-hydrogen) atoms. The molecule has 0 unspecified atom stereocenters. The smallest absolute Gasteiger partial charge is 0.247 e. The first-order valence-corrected chi connectivity index (χ1v) is 7.02. The summed E-state index contributed by atoms with van der Waals surface area (Å²) in [6.07, 6.45) is 0. The van der Waals surface area contributed by atoms with Crippen LogP contribution in [-0.2, 0) is 10.2 Å². The van der Waals surface area contributed by atoms with Gasteiger partial charge in [0.15, 0.2) is 0 Å². The van der Waals surface area contributed by atoms with Gasteiger partial charge in [0.1, 0.15) is 23.4 Å². The van der Waals surface area contributed by atoms with Crippen molar-refractivity contribution >= 4 is 17.3 Å². The largest absolute Gasteiger partial charge is 0.373 e. The van der Waals surface area contributed by atoms with E-state index in [1.165, 1.54) is 6.07 Å². The first-order chi connectivity index (χ1) is 10.4. The summed E-state index contributed by atoms with van der Waals surface area (Å²) < 4.78 is 27.4. The average molecular weight is 302 g/mol. The zero-order valence-corrected chi connectivity index (χ0v) is 12.3. The van der Waals surface area contributed by atoms with Crippen LogP contribution < -0.4 is 10.6 Å². The fourth-order valence-electron chi connectivity index (χ4n) is 2.87. The Labute approximate surface area is 127 Å². The van der Waals surface area contributed by atoms with Crippen molar-refractivity contribution in [2.75, 3.05) is 10.6 Å². The Morgan fingerprint density at radius 1 is 1.09 bits per heavy atom. The SMILES string of the molecule is CC1(C)c2ccccc2N[C@H]1C(=O)Nc1c(F)cccc1F. The molecule has 1 aliphatic heterocycles. The van der Waals surface area contributed by atoms with E-state index in [-0.39, 0.29) is 0 Å². The Balaban J connectivity index is 1.89. The van der Waals surface area contributed by atoms with Crippen molar-refractivity contribution in [2.45, 2.75) is 25.3 Å². The molecule has 3 nitrogen and oxygen atoms in total. The zero-order valence-electron chi connectivity index (χ0n) is 12.3. The number of hydrogen-bond donors (Lipinski definition) is 2. The van der Waals surface area contributed by atoms with Gasteiger partial charge < -0.3 is 10.6 Å². The Bertz CT molecular complexity index is 723. The average Bonchev–Trinajstić information content (AvgIpc) is 2.75. The summed E-state index contributed by atoms with van der Waals surface area (Å²) >= 11 is 0. The molecule has 2 N–H and O–H groups in total. The zero-order chi connectivity index (χ0) is 15.9. The quantitative estimate of drug-likeness (QED) is 0.888. The predicted octanol–water partition coefficient (Wildman–Crippen LogP) is 3.68. The van der Waals surface area contributed by atoms with Crippen LogP contribution in [0.25, 0.3) is 0 Å². The molecule has 0 aromatic heterocycles. The molecule has 2 aromatic carbocycles. The highest BCUT2D eigenvalue weighted by Gasteiger charge is 2.43. The molecule has 114 valence electrons. The van der Waals surface area contributed by atoms with Gasteiger partial charge in [-0.2, -0.15) is 0 Å². The molecule has 1 aliphatic rings. The van der Waals surface area contributed by atoms with Gasteiger partial charge in [-0.25, -0.2) is 8.78 Å². The number of nitrogens with one attached hydrogen (secondary N) is 2. The van der Waals surface area contributed by atoms with Gasteiger partial charge >= 0.3 is 0 Å². The summed E-state index contributed by atoms with van der Waals surface area (Å²) in [5.41, 5.74) is 0.967. The van der Waals surface area contributed by atoms with Gasteiger partial charge in [-0.3, -0.25) is 4.79 Å². The Morgan fingerprint density at radius 3 is 2.36 bits per heavy atom. The summed E-state index contributed by atoms with van der Waals surface area (Å²) in [4.78, 5) is 12.5. The summed E-state index contributed by atoms with van der Waals surface area (Å²) in [6, 6.07) is 10.5. The second-order valence-corrected chi connectivity index (χ2v) is 5.93. The Morgan fingerprint density at radius 2 is 1.73 bits per heavy atom. The lowest BCUT2D eigenvalue weighted by atomic mass is 9.80. The normalized spacial score (nSPS) is 18.5. The number of rotatable bonds is 2. The molecule has 1 atom stereocenters. The fourth-order valence-corrected chi connectivity index (χ4v) is 2.87. The van der Waals surface area contributed by atoms with Crippen LogP contribution >= 0.6 is 0 Å². The highest BCUT2D eigenvalue weighted by atomic mass is 19.1. The summed E-state index contributed by atoms with van der Waals surface area (Å²) in [6.45, 7) is 3.85. The van der Waals surface area contributed by atoms with Crippen molar-refractivity contribution in [3.8, 4) is 0 Å². The number of para-hydroxylation sites is 2. The van der Waals surface area contributed by atoms with E-state index >= 15 is 0 Å². The van der Waals surface area contributed by atoms with Gasteiger partial charge in [-0.05, 0) is 23.8 Å².